The van der Waals surface area contributed by atoms with E-state index in [0.29, 0.717) is 5.75 Å². The fraction of sp³-hybridized carbons (Fsp3) is 0.176. The van der Waals surface area contributed by atoms with Gasteiger partial charge in [-0.2, -0.15) is 0 Å². The second-order valence-electron chi connectivity index (χ2n) is 4.88. The zero-order valence-electron chi connectivity index (χ0n) is 13.2. The van der Waals surface area contributed by atoms with E-state index in [4.69, 9.17) is 9.47 Å². The van der Waals surface area contributed by atoms with E-state index in [-0.39, 0.29) is 12.5 Å². The van der Waals surface area contributed by atoms with Crippen molar-refractivity contribution in [2.45, 2.75) is 4.34 Å². The zero-order valence-corrected chi connectivity index (χ0v) is 14.9. The van der Waals surface area contributed by atoms with Gasteiger partial charge in [-0.1, -0.05) is 11.8 Å². The molecule has 1 N–H and O–H groups in total. The van der Waals surface area contributed by atoms with E-state index < -0.39 is 0 Å². The lowest BCUT2D eigenvalue weighted by atomic mass is 10.3. The molecular formula is C17H16N2O3S2. The van der Waals surface area contributed by atoms with Gasteiger partial charge in [-0.05, 0) is 48.7 Å². The highest BCUT2D eigenvalue weighted by atomic mass is 32.2. The number of carbonyl (C=O) groups is 1. The van der Waals surface area contributed by atoms with Crippen molar-refractivity contribution in [2.75, 3.05) is 25.3 Å². The van der Waals surface area contributed by atoms with E-state index in [1.165, 1.54) is 0 Å². The molecule has 0 spiro atoms. The SMILES string of the molecule is COc1ccc(OCC(=O)Nc2ccc3nc(SC)sc3c2)cc1. The number of aromatic nitrogens is 1. The average Bonchev–Trinajstić information content (AvgIpc) is 3.03. The van der Waals surface area contributed by atoms with Crippen LogP contribution in [0.4, 0.5) is 5.69 Å². The average molecular weight is 360 g/mol. The molecule has 5 nitrogen and oxygen atoms in total. The molecule has 0 radical (unpaired) electrons. The number of thiazole rings is 1. The summed E-state index contributed by atoms with van der Waals surface area (Å²) in [6.07, 6.45) is 2.00. The van der Waals surface area contributed by atoms with Crippen LogP contribution in [0.3, 0.4) is 0 Å². The number of nitrogens with one attached hydrogen (secondary N) is 1. The van der Waals surface area contributed by atoms with Gasteiger partial charge in [-0.25, -0.2) is 4.98 Å². The molecule has 3 aromatic rings. The summed E-state index contributed by atoms with van der Waals surface area (Å²) < 4.78 is 12.6. The van der Waals surface area contributed by atoms with E-state index >= 15 is 0 Å². The van der Waals surface area contributed by atoms with Gasteiger partial charge in [-0.3, -0.25) is 4.79 Å². The predicted octanol–water partition coefficient (Wildman–Crippen LogP) is 4.04. The zero-order chi connectivity index (χ0) is 16.9. The monoisotopic (exact) mass is 360 g/mol. The van der Waals surface area contributed by atoms with Crippen LogP contribution in [0.25, 0.3) is 10.2 Å². The Bertz CT molecular complexity index is 847. The first-order chi connectivity index (χ1) is 11.7. The Kier molecular flexibility index (Phi) is 5.22. The number of nitrogens with zero attached hydrogens (tertiary/aromatic N) is 1. The molecule has 2 aromatic carbocycles. The summed E-state index contributed by atoms with van der Waals surface area (Å²) in [6.45, 7) is -0.0525. The molecule has 0 aliphatic heterocycles. The highest BCUT2D eigenvalue weighted by Gasteiger charge is 2.07. The van der Waals surface area contributed by atoms with Gasteiger partial charge in [0.15, 0.2) is 10.9 Å². The Balaban J connectivity index is 1.59. The highest BCUT2D eigenvalue weighted by molar-refractivity contribution is 8.00. The number of fused-ring (bicyclic) bond motifs is 1. The van der Waals surface area contributed by atoms with Crippen LogP contribution in [0.2, 0.25) is 0 Å². The normalized spacial score (nSPS) is 10.6. The van der Waals surface area contributed by atoms with Crippen molar-refractivity contribution in [1.82, 2.24) is 4.98 Å². The van der Waals surface area contributed by atoms with E-state index in [0.717, 1.165) is 26.0 Å². The molecule has 0 saturated heterocycles. The van der Waals surface area contributed by atoms with Crippen molar-refractivity contribution in [1.29, 1.82) is 0 Å². The van der Waals surface area contributed by atoms with E-state index in [2.05, 4.69) is 10.3 Å². The summed E-state index contributed by atoms with van der Waals surface area (Å²) in [5, 5.41) is 2.84. The van der Waals surface area contributed by atoms with E-state index in [1.807, 2.05) is 24.5 Å². The maximum absolute atomic E-state index is 12.0. The molecule has 0 unspecified atom stereocenters. The number of ether oxygens (including phenoxy) is 2. The molecule has 7 heteroatoms. The van der Waals surface area contributed by atoms with E-state index in [1.54, 1.807) is 54.5 Å². The number of hydrogen-bond acceptors (Lipinski definition) is 6. The van der Waals surface area contributed by atoms with Gasteiger partial charge in [0.1, 0.15) is 11.5 Å². The van der Waals surface area contributed by atoms with Crippen molar-refractivity contribution in [2.24, 2.45) is 0 Å². The Morgan fingerprint density at radius 1 is 1.21 bits per heavy atom. The van der Waals surface area contributed by atoms with Crippen molar-refractivity contribution in [3.05, 3.63) is 42.5 Å². The van der Waals surface area contributed by atoms with Crippen LogP contribution in [0.5, 0.6) is 11.5 Å². The van der Waals surface area contributed by atoms with Crippen LogP contribution in [-0.2, 0) is 4.79 Å². The van der Waals surface area contributed by atoms with Gasteiger partial charge >= 0.3 is 0 Å². The number of benzene rings is 2. The standard InChI is InChI=1S/C17H16N2O3S2/c1-21-12-4-6-13(7-5-12)22-10-16(20)18-11-3-8-14-15(9-11)24-17(19-14)23-2/h3-9H,10H2,1-2H3,(H,18,20). The fourth-order valence-corrected chi connectivity index (χ4v) is 3.62. The topological polar surface area (TPSA) is 60.5 Å². The first kappa shape index (κ1) is 16.6. The van der Waals surface area contributed by atoms with Gasteiger partial charge in [0.05, 0.1) is 17.3 Å². The van der Waals surface area contributed by atoms with Crippen LogP contribution in [0.15, 0.2) is 46.8 Å². The highest BCUT2D eigenvalue weighted by Crippen LogP contribution is 2.29. The molecule has 1 heterocycles. The third kappa shape index (κ3) is 3.98. The largest absolute Gasteiger partial charge is 0.497 e. The van der Waals surface area contributed by atoms with Crippen LogP contribution in [-0.4, -0.2) is 30.9 Å². The summed E-state index contributed by atoms with van der Waals surface area (Å²) in [6, 6.07) is 12.8. The Morgan fingerprint density at radius 3 is 2.67 bits per heavy atom. The van der Waals surface area contributed by atoms with Crippen molar-refractivity contribution in [3.8, 4) is 11.5 Å². The van der Waals surface area contributed by atoms with Gasteiger partial charge in [0, 0.05) is 5.69 Å². The minimum absolute atomic E-state index is 0.0525. The van der Waals surface area contributed by atoms with Crippen LogP contribution >= 0.6 is 23.1 Å². The van der Waals surface area contributed by atoms with Gasteiger partial charge in [-0.15, -0.1) is 11.3 Å². The molecule has 1 aromatic heterocycles. The summed E-state index contributed by atoms with van der Waals surface area (Å²) >= 11 is 3.22. The van der Waals surface area contributed by atoms with Crippen LogP contribution < -0.4 is 14.8 Å². The van der Waals surface area contributed by atoms with Crippen molar-refractivity contribution < 1.29 is 14.3 Å². The quantitative estimate of drug-likeness (QED) is 0.672. The molecule has 0 aliphatic rings. The lowest BCUT2D eigenvalue weighted by molar-refractivity contribution is -0.118. The first-order valence-corrected chi connectivity index (χ1v) is 9.23. The number of anilines is 1. The smallest absolute Gasteiger partial charge is 0.262 e. The van der Waals surface area contributed by atoms with Crippen LogP contribution in [0, 0.1) is 0 Å². The minimum atomic E-state index is -0.209. The maximum Gasteiger partial charge on any atom is 0.262 e. The second-order valence-corrected chi connectivity index (χ2v) is 6.96. The minimum Gasteiger partial charge on any atom is -0.497 e. The number of carbonyl (C=O) groups excluding carboxylic acids is 1. The summed E-state index contributed by atoms with van der Waals surface area (Å²) in [4.78, 5) is 16.5. The summed E-state index contributed by atoms with van der Waals surface area (Å²) in [5.41, 5.74) is 1.68. The van der Waals surface area contributed by atoms with Crippen molar-refractivity contribution in [3.63, 3.8) is 0 Å². The molecule has 0 saturated carbocycles. The van der Waals surface area contributed by atoms with Crippen LogP contribution in [0.1, 0.15) is 0 Å². The van der Waals surface area contributed by atoms with Gasteiger partial charge in [0.2, 0.25) is 0 Å². The molecule has 0 bridgehead atoms. The molecule has 0 aliphatic carbocycles. The Hall–Kier alpha value is -2.25. The molecule has 24 heavy (non-hydrogen) atoms. The number of amides is 1. The third-order valence-electron chi connectivity index (χ3n) is 3.26. The van der Waals surface area contributed by atoms with Gasteiger partial charge in [0.25, 0.3) is 5.91 Å². The summed E-state index contributed by atoms with van der Waals surface area (Å²) in [5.74, 6) is 1.16. The molecule has 124 valence electrons. The summed E-state index contributed by atoms with van der Waals surface area (Å²) in [7, 11) is 1.60. The number of hydrogen-bond donors (Lipinski definition) is 1. The number of thioether (sulfide) groups is 1. The molecular weight excluding hydrogens is 344 g/mol. The molecule has 3 rings (SSSR count). The maximum atomic E-state index is 12.0. The lowest BCUT2D eigenvalue weighted by Gasteiger charge is -2.08. The van der Waals surface area contributed by atoms with Crippen molar-refractivity contribution >= 4 is 44.9 Å². The Labute approximate surface area is 148 Å². The van der Waals surface area contributed by atoms with Gasteiger partial charge < -0.3 is 14.8 Å². The first-order valence-electron chi connectivity index (χ1n) is 7.19. The Morgan fingerprint density at radius 2 is 1.96 bits per heavy atom. The van der Waals surface area contributed by atoms with E-state index in [9.17, 15) is 4.79 Å². The number of methoxy groups -OCH3 is 1. The molecule has 0 fully saturated rings. The predicted molar refractivity (Wildman–Crippen MR) is 98.5 cm³/mol. The molecule has 1 amide bonds. The molecule has 0 atom stereocenters. The number of rotatable bonds is 6. The fourth-order valence-electron chi connectivity index (χ4n) is 2.09. The second kappa shape index (κ2) is 7.55. The lowest BCUT2D eigenvalue weighted by Crippen LogP contribution is -2.20. The third-order valence-corrected chi connectivity index (χ3v) is 5.26.